The van der Waals surface area contributed by atoms with Gasteiger partial charge in [-0.05, 0) is 11.6 Å². The van der Waals surface area contributed by atoms with E-state index in [1.54, 1.807) is 0 Å². The summed E-state index contributed by atoms with van der Waals surface area (Å²) in [6.45, 7) is 0. The Balaban J connectivity index is 3.12. The molecule has 0 bridgehead atoms. The molecule has 0 heterocycles. The Kier molecular flexibility index (Phi) is 4.03. The third-order valence-corrected chi connectivity index (χ3v) is 2.27. The SMILES string of the molecule is COC(=O)Cc1c(CCl)ccc(F)c1F. The van der Waals surface area contributed by atoms with Crippen LogP contribution in [-0.2, 0) is 21.8 Å². The molecule has 0 amide bonds. The zero-order valence-corrected chi connectivity index (χ0v) is 8.78. The average molecular weight is 235 g/mol. The van der Waals surface area contributed by atoms with Gasteiger partial charge in [0.2, 0.25) is 0 Å². The van der Waals surface area contributed by atoms with E-state index in [-0.39, 0.29) is 17.9 Å². The van der Waals surface area contributed by atoms with Gasteiger partial charge in [0.25, 0.3) is 0 Å². The number of benzene rings is 1. The molecule has 0 N–H and O–H groups in total. The topological polar surface area (TPSA) is 26.3 Å². The van der Waals surface area contributed by atoms with Gasteiger partial charge >= 0.3 is 5.97 Å². The number of alkyl halides is 1. The minimum absolute atomic E-state index is 0.0174. The zero-order valence-electron chi connectivity index (χ0n) is 8.02. The summed E-state index contributed by atoms with van der Waals surface area (Å²) < 4.78 is 30.6. The van der Waals surface area contributed by atoms with Crippen LogP contribution in [0.15, 0.2) is 12.1 Å². The molecule has 0 unspecified atom stereocenters. The smallest absolute Gasteiger partial charge is 0.310 e. The second-order valence-corrected chi connectivity index (χ2v) is 3.15. The third-order valence-electron chi connectivity index (χ3n) is 1.99. The summed E-state index contributed by atoms with van der Waals surface area (Å²) in [6, 6.07) is 2.33. The number of hydrogen-bond donors (Lipinski definition) is 0. The summed E-state index contributed by atoms with van der Waals surface area (Å²) in [6.07, 6.45) is -0.317. The maximum Gasteiger partial charge on any atom is 0.310 e. The van der Waals surface area contributed by atoms with Crippen molar-refractivity contribution in [2.45, 2.75) is 12.3 Å². The van der Waals surface area contributed by atoms with Crippen LogP contribution in [0.1, 0.15) is 11.1 Å². The van der Waals surface area contributed by atoms with Crippen LogP contribution in [0, 0.1) is 11.6 Å². The van der Waals surface area contributed by atoms with Gasteiger partial charge in [-0.1, -0.05) is 6.07 Å². The van der Waals surface area contributed by atoms with Crippen molar-refractivity contribution in [1.29, 1.82) is 0 Å². The molecule has 1 rings (SSSR count). The second kappa shape index (κ2) is 5.07. The van der Waals surface area contributed by atoms with Crippen LogP contribution in [0.25, 0.3) is 0 Å². The Bertz CT molecular complexity index is 380. The lowest BCUT2D eigenvalue weighted by Gasteiger charge is -2.07. The predicted molar refractivity (Wildman–Crippen MR) is 51.6 cm³/mol. The summed E-state index contributed by atoms with van der Waals surface area (Å²) in [4.78, 5) is 11.0. The van der Waals surface area contributed by atoms with Gasteiger partial charge in [0.15, 0.2) is 11.6 Å². The van der Waals surface area contributed by atoms with Gasteiger partial charge in [-0.3, -0.25) is 4.79 Å². The molecule has 0 aliphatic carbocycles. The van der Waals surface area contributed by atoms with Crippen molar-refractivity contribution in [2.24, 2.45) is 0 Å². The molecule has 0 atom stereocenters. The van der Waals surface area contributed by atoms with Crippen molar-refractivity contribution in [3.8, 4) is 0 Å². The number of rotatable bonds is 3. The van der Waals surface area contributed by atoms with Crippen molar-refractivity contribution in [2.75, 3.05) is 7.11 Å². The van der Waals surface area contributed by atoms with Gasteiger partial charge in [-0.2, -0.15) is 0 Å². The monoisotopic (exact) mass is 234 g/mol. The van der Waals surface area contributed by atoms with E-state index in [0.717, 1.165) is 6.07 Å². The van der Waals surface area contributed by atoms with Gasteiger partial charge in [0.1, 0.15) is 0 Å². The standard InChI is InChI=1S/C10H9ClF2O2/c1-15-9(14)4-7-6(5-11)2-3-8(12)10(7)13/h2-3H,4-5H2,1H3. The molecule has 0 aliphatic rings. The molecule has 0 saturated heterocycles. The minimum Gasteiger partial charge on any atom is -0.469 e. The van der Waals surface area contributed by atoms with E-state index in [9.17, 15) is 13.6 Å². The number of carbonyl (C=O) groups is 1. The summed E-state index contributed by atoms with van der Waals surface area (Å²) in [7, 11) is 1.18. The number of hydrogen-bond acceptors (Lipinski definition) is 2. The lowest BCUT2D eigenvalue weighted by Crippen LogP contribution is -2.09. The summed E-state index contributed by atoms with van der Waals surface area (Å²) in [5.74, 6) is -2.66. The summed E-state index contributed by atoms with van der Waals surface area (Å²) in [5.41, 5.74) is 0.345. The Morgan fingerprint density at radius 3 is 2.67 bits per heavy atom. The molecule has 82 valence electrons. The van der Waals surface area contributed by atoms with Gasteiger partial charge in [0.05, 0.1) is 13.5 Å². The van der Waals surface area contributed by atoms with E-state index in [4.69, 9.17) is 11.6 Å². The highest BCUT2D eigenvalue weighted by Crippen LogP contribution is 2.19. The molecule has 1 aromatic carbocycles. The third kappa shape index (κ3) is 2.65. The first-order valence-electron chi connectivity index (χ1n) is 4.18. The highest BCUT2D eigenvalue weighted by molar-refractivity contribution is 6.17. The van der Waals surface area contributed by atoms with Crippen LogP contribution in [0.5, 0.6) is 0 Å². The molecule has 0 saturated carbocycles. The van der Waals surface area contributed by atoms with E-state index < -0.39 is 17.6 Å². The van der Waals surface area contributed by atoms with Gasteiger partial charge in [-0.15, -0.1) is 11.6 Å². The molecule has 0 fully saturated rings. The van der Waals surface area contributed by atoms with E-state index >= 15 is 0 Å². The lowest BCUT2D eigenvalue weighted by atomic mass is 10.0. The zero-order chi connectivity index (χ0) is 11.4. The Hall–Kier alpha value is -1.16. The molecule has 0 aromatic heterocycles. The number of ether oxygens (including phenoxy) is 1. The van der Waals surface area contributed by atoms with Crippen LogP contribution >= 0.6 is 11.6 Å². The summed E-state index contributed by atoms with van der Waals surface area (Å²) in [5, 5.41) is 0. The maximum absolute atomic E-state index is 13.3. The average Bonchev–Trinajstić information content (AvgIpc) is 2.25. The first-order chi connectivity index (χ1) is 7.10. The number of carbonyl (C=O) groups excluding carboxylic acids is 1. The molecular formula is C10H9ClF2O2. The maximum atomic E-state index is 13.3. The Morgan fingerprint density at radius 1 is 1.47 bits per heavy atom. The van der Waals surface area contributed by atoms with Crippen LogP contribution in [0.4, 0.5) is 8.78 Å². The van der Waals surface area contributed by atoms with Gasteiger partial charge < -0.3 is 4.74 Å². The second-order valence-electron chi connectivity index (χ2n) is 2.89. The van der Waals surface area contributed by atoms with Crippen molar-refractivity contribution in [3.05, 3.63) is 34.9 Å². The number of halogens is 3. The molecule has 5 heteroatoms. The molecule has 1 aromatic rings. The first kappa shape index (κ1) is 11.9. The van der Waals surface area contributed by atoms with E-state index in [0.29, 0.717) is 5.56 Å². The number of esters is 1. The predicted octanol–water partition coefficient (Wildman–Crippen LogP) is 2.42. The highest BCUT2D eigenvalue weighted by Gasteiger charge is 2.16. The van der Waals surface area contributed by atoms with Crippen LogP contribution in [0.3, 0.4) is 0 Å². The van der Waals surface area contributed by atoms with Gasteiger partial charge in [0, 0.05) is 11.4 Å². The van der Waals surface area contributed by atoms with Crippen molar-refractivity contribution in [1.82, 2.24) is 0 Å². The minimum atomic E-state index is -1.04. The fourth-order valence-corrected chi connectivity index (χ4v) is 1.42. The molecule has 0 aliphatic heterocycles. The number of methoxy groups -OCH3 is 1. The molecule has 0 spiro atoms. The first-order valence-corrected chi connectivity index (χ1v) is 4.72. The van der Waals surface area contributed by atoms with Crippen molar-refractivity contribution in [3.63, 3.8) is 0 Å². The van der Waals surface area contributed by atoms with Gasteiger partial charge in [-0.25, -0.2) is 8.78 Å². The van der Waals surface area contributed by atoms with E-state index in [2.05, 4.69) is 4.74 Å². The molecule has 15 heavy (non-hydrogen) atoms. The lowest BCUT2D eigenvalue weighted by molar-refractivity contribution is -0.139. The Labute approximate surface area is 90.8 Å². The Morgan fingerprint density at radius 2 is 2.13 bits per heavy atom. The quantitative estimate of drug-likeness (QED) is 0.593. The van der Waals surface area contributed by atoms with Crippen LogP contribution in [0.2, 0.25) is 0 Å². The molecule has 0 radical (unpaired) electrons. The van der Waals surface area contributed by atoms with E-state index in [1.807, 2.05) is 0 Å². The van der Waals surface area contributed by atoms with Crippen LogP contribution < -0.4 is 0 Å². The largest absolute Gasteiger partial charge is 0.469 e. The van der Waals surface area contributed by atoms with Crippen LogP contribution in [-0.4, -0.2) is 13.1 Å². The normalized spacial score (nSPS) is 10.1. The van der Waals surface area contributed by atoms with Crippen molar-refractivity contribution >= 4 is 17.6 Å². The summed E-state index contributed by atoms with van der Waals surface area (Å²) >= 11 is 5.54. The van der Waals surface area contributed by atoms with Crippen molar-refractivity contribution < 1.29 is 18.3 Å². The fourth-order valence-electron chi connectivity index (χ4n) is 1.17. The fraction of sp³-hybridized carbons (Fsp3) is 0.300. The highest BCUT2D eigenvalue weighted by atomic mass is 35.5. The molecule has 2 nitrogen and oxygen atoms in total. The van der Waals surface area contributed by atoms with E-state index in [1.165, 1.54) is 13.2 Å². The molecular weight excluding hydrogens is 226 g/mol.